The van der Waals surface area contributed by atoms with Crippen molar-refractivity contribution in [1.29, 1.82) is 0 Å². The Balaban J connectivity index is 2.36. The van der Waals surface area contributed by atoms with Crippen LogP contribution in [0.2, 0.25) is 0 Å². The second-order valence-corrected chi connectivity index (χ2v) is 5.49. The number of likely N-dealkylation sites (N-methyl/N-ethyl adjacent to an activating group) is 1. The molecule has 4 heteroatoms. The fourth-order valence-electron chi connectivity index (χ4n) is 2.75. The zero-order valence-electron chi connectivity index (χ0n) is 13.6. The van der Waals surface area contributed by atoms with Gasteiger partial charge in [0.05, 0.1) is 10.8 Å². The normalized spacial score (nSPS) is 10.7. The van der Waals surface area contributed by atoms with E-state index >= 15 is 0 Å². The summed E-state index contributed by atoms with van der Waals surface area (Å²) in [6.45, 7) is 8.42. The monoisotopic (exact) mass is 321 g/mol. The summed E-state index contributed by atoms with van der Waals surface area (Å²) < 4.78 is 11.8. The first-order valence-corrected chi connectivity index (χ1v) is 7.71. The summed E-state index contributed by atoms with van der Waals surface area (Å²) in [6.07, 6.45) is 3.47. The van der Waals surface area contributed by atoms with Gasteiger partial charge in [0.15, 0.2) is 5.58 Å². The summed E-state index contributed by atoms with van der Waals surface area (Å²) in [5.41, 5.74) is 1.77. The quantitative estimate of drug-likeness (QED) is 0.506. The summed E-state index contributed by atoms with van der Waals surface area (Å²) in [5.74, 6) is 0.644. The van der Waals surface area contributed by atoms with Crippen LogP contribution in [0.1, 0.15) is 0 Å². The van der Waals surface area contributed by atoms with Crippen LogP contribution in [-0.4, -0.2) is 20.2 Å². The summed E-state index contributed by atoms with van der Waals surface area (Å²) in [7, 11) is 1.91. The molecule has 0 aliphatic carbocycles. The molecule has 0 radical (unpaired) electrons. The van der Waals surface area contributed by atoms with E-state index < -0.39 is 0 Å². The van der Waals surface area contributed by atoms with E-state index in [-0.39, 0.29) is 5.43 Å². The van der Waals surface area contributed by atoms with Crippen molar-refractivity contribution in [2.24, 2.45) is 0 Å². The Morgan fingerprint density at radius 2 is 1.92 bits per heavy atom. The molecule has 0 bridgehead atoms. The first-order valence-electron chi connectivity index (χ1n) is 7.71. The number of ether oxygens (including phenoxy) is 1. The van der Waals surface area contributed by atoms with Gasteiger partial charge in [-0.15, -0.1) is 6.58 Å². The lowest BCUT2D eigenvalue weighted by Gasteiger charge is -2.22. The van der Waals surface area contributed by atoms with Gasteiger partial charge >= 0.3 is 0 Å². The van der Waals surface area contributed by atoms with Crippen LogP contribution in [0.15, 0.2) is 70.9 Å². The van der Waals surface area contributed by atoms with E-state index in [0.29, 0.717) is 40.8 Å². The molecule has 0 saturated heterocycles. The largest absolute Gasteiger partial charge is 0.487 e. The lowest BCUT2D eigenvalue weighted by atomic mass is 10.1. The summed E-state index contributed by atoms with van der Waals surface area (Å²) in [6, 6.07) is 10.8. The van der Waals surface area contributed by atoms with E-state index in [1.165, 1.54) is 0 Å². The number of hydrogen-bond donors (Lipinski definition) is 0. The van der Waals surface area contributed by atoms with Gasteiger partial charge in [-0.2, -0.15) is 0 Å². The Bertz CT molecular complexity index is 972. The highest BCUT2D eigenvalue weighted by molar-refractivity contribution is 5.98. The van der Waals surface area contributed by atoms with Gasteiger partial charge in [0.25, 0.3) is 0 Å². The molecule has 122 valence electrons. The highest BCUT2D eigenvalue weighted by Crippen LogP contribution is 2.36. The molecule has 0 atom stereocenters. The lowest BCUT2D eigenvalue weighted by molar-refractivity contribution is 0.363. The molecule has 24 heavy (non-hydrogen) atoms. The molecule has 4 nitrogen and oxygen atoms in total. The van der Waals surface area contributed by atoms with Crippen molar-refractivity contribution in [3.05, 3.63) is 71.9 Å². The molecule has 0 aliphatic rings. The minimum atomic E-state index is -0.0460. The fourth-order valence-corrected chi connectivity index (χ4v) is 2.75. The average molecular weight is 321 g/mol. The van der Waals surface area contributed by atoms with Crippen molar-refractivity contribution in [3.63, 3.8) is 0 Å². The van der Waals surface area contributed by atoms with Crippen LogP contribution in [0, 0.1) is 0 Å². The zero-order chi connectivity index (χ0) is 17.1. The molecular formula is C20H19NO3. The molecule has 0 N–H and O–H groups in total. The van der Waals surface area contributed by atoms with Crippen LogP contribution in [0.3, 0.4) is 0 Å². The van der Waals surface area contributed by atoms with Crippen molar-refractivity contribution >= 4 is 27.6 Å². The standard InChI is InChI=1S/C20H19NO3/c1-4-12-21(3)18-17(23-13-5-2)11-10-15-19(22)14-8-6-7-9-16(14)24-20(15)18/h4-11H,1-2,12-13H2,3H3. The highest BCUT2D eigenvalue weighted by atomic mass is 16.5. The van der Waals surface area contributed by atoms with Crippen molar-refractivity contribution < 1.29 is 9.15 Å². The molecule has 1 aromatic heterocycles. The maximum absolute atomic E-state index is 12.8. The van der Waals surface area contributed by atoms with Crippen LogP contribution in [0.4, 0.5) is 5.69 Å². The first-order chi connectivity index (χ1) is 11.7. The molecular weight excluding hydrogens is 302 g/mol. The third-order valence-electron chi connectivity index (χ3n) is 3.82. The predicted octanol–water partition coefficient (Wildman–Crippen LogP) is 4.13. The number of rotatable bonds is 6. The third-order valence-corrected chi connectivity index (χ3v) is 3.82. The van der Waals surface area contributed by atoms with Crippen LogP contribution in [0.5, 0.6) is 5.75 Å². The minimum absolute atomic E-state index is 0.0460. The molecule has 3 rings (SSSR count). The molecule has 1 heterocycles. The van der Waals surface area contributed by atoms with E-state index in [1.54, 1.807) is 36.4 Å². The third kappa shape index (κ3) is 2.67. The predicted molar refractivity (Wildman–Crippen MR) is 99.1 cm³/mol. The Labute approximate surface area is 140 Å². The van der Waals surface area contributed by atoms with Gasteiger partial charge in [0.1, 0.15) is 23.6 Å². The summed E-state index contributed by atoms with van der Waals surface area (Å²) >= 11 is 0. The minimum Gasteiger partial charge on any atom is -0.487 e. The fraction of sp³-hybridized carbons (Fsp3) is 0.150. The Hall–Kier alpha value is -3.01. The Morgan fingerprint density at radius 1 is 1.12 bits per heavy atom. The van der Waals surface area contributed by atoms with Crippen LogP contribution < -0.4 is 15.1 Å². The molecule has 0 spiro atoms. The molecule has 0 unspecified atom stereocenters. The van der Waals surface area contributed by atoms with Crippen molar-refractivity contribution in [2.45, 2.75) is 0 Å². The summed E-state index contributed by atoms with van der Waals surface area (Å²) in [5, 5.41) is 1.10. The number of para-hydroxylation sites is 1. The maximum atomic E-state index is 12.8. The molecule has 0 saturated carbocycles. The molecule has 3 aromatic rings. The van der Waals surface area contributed by atoms with Gasteiger partial charge in [-0.05, 0) is 24.3 Å². The maximum Gasteiger partial charge on any atom is 0.200 e. The zero-order valence-corrected chi connectivity index (χ0v) is 13.6. The average Bonchev–Trinajstić information content (AvgIpc) is 2.59. The Kier molecular flexibility index (Phi) is 4.38. The SMILES string of the molecule is C=CCOc1ccc2c(=O)c3ccccc3oc2c1N(C)CC=C. The van der Waals surface area contributed by atoms with E-state index in [0.717, 1.165) is 5.69 Å². The molecule has 0 aliphatic heterocycles. The van der Waals surface area contributed by atoms with Crippen LogP contribution in [-0.2, 0) is 0 Å². The first kappa shape index (κ1) is 15.9. The van der Waals surface area contributed by atoms with Crippen LogP contribution in [0.25, 0.3) is 21.9 Å². The highest BCUT2D eigenvalue weighted by Gasteiger charge is 2.18. The van der Waals surface area contributed by atoms with Gasteiger partial charge < -0.3 is 14.1 Å². The number of fused-ring (bicyclic) bond motifs is 2. The smallest absolute Gasteiger partial charge is 0.200 e. The lowest BCUT2D eigenvalue weighted by Crippen LogP contribution is -2.19. The van der Waals surface area contributed by atoms with Gasteiger partial charge in [-0.25, -0.2) is 0 Å². The van der Waals surface area contributed by atoms with Gasteiger partial charge in [0, 0.05) is 13.6 Å². The second kappa shape index (κ2) is 6.62. The van der Waals surface area contributed by atoms with E-state index in [9.17, 15) is 4.79 Å². The number of benzene rings is 2. The molecule has 2 aromatic carbocycles. The van der Waals surface area contributed by atoms with Gasteiger partial charge in [-0.3, -0.25) is 4.79 Å². The van der Waals surface area contributed by atoms with Crippen LogP contribution >= 0.6 is 0 Å². The van der Waals surface area contributed by atoms with E-state index in [4.69, 9.17) is 9.15 Å². The van der Waals surface area contributed by atoms with Gasteiger partial charge in [-0.1, -0.05) is 30.9 Å². The van der Waals surface area contributed by atoms with Crippen molar-refractivity contribution in [2.75, 3.05) is 25.1 Å². The summed E-state index contributed by atoms with van der Waals surface area (Å²) in [4.78, 5) is 14.7. The molecule has 0 amide bonds. The number of hydrogen-bond acceptors (Lipinski definition) is 4. The van der Waals surface area contributed by atoms with E-state index in [1.807, 2.05) is 24.1 Å². The Morgan fingerprint density at radius 3 is 2.67 bits per heavy atom. The number of anilines is 1. The second-order valence-electron chi connectivity index (χ2n) is 5.49. The molecule has 0 fully saturated rings. The van der Waals surface area contributed by atoms with Crippen molar-refractivity contribution in [3.8, 4) is 5.75 Å². The van der Waals surface area contributed by atoms with E-state index in [2.05, 4.69) is 13.2 Å². The topological polar surface area (TPSA) is 42.7 Å². The number of nitrogens with zero attached hydrogens (tertiary/aromatic N) is 1. The van der Waals surface area contributed by atoms with Gasteiger partial charge in [0.2, 0.25) is 5.43 Å². The van der Waals surface area contributed by atoms with Crippen molar-refractivity contribution in [1.82, 2.24) is 0 Å².